The third-order valence-corrected chi connectivity index (χ3v) is 4.55. The van der Waals surface area contributed by atoms with Crippen molar-refractivity contribution in [3.63, 3.8) is 0 Å². The van der Waals surface area contributed by atoms with Gasteiger partial charge in [-0.2, -0.15) is 8.78 Å². The summed E-state index contributed by atoms with van der Waals surface area (Å²) >= 11 is 6.14. The number of alkyl halides is 2. The zero-order valence-electron chi connectivity index (χ0n) is 16.0. The summed E-state index contributed by atoms with van der Waals surface area (Å²) in [6.07, 6.45) is 2.03. The first kappa shape index (κ1) is 21.6. The lowest BCUT2D eigenvalue weighted by Crippen LogP contribution is -2.30. The van der Waals surface area contributed by atoms with E-state index in [1.165, 1.54) is 19.2 Å². The van der Waals surface area contributed by atoms with E-state index >= 15 is 0 Å². The van der Waals surface area contributed by atoms with Crippen LogP contribution in [-0.4, -0.2) is 37.8 Å². The van der Waals surface area contributed by atoms with E-state index in [1.54, 1.807) is 30.5 Å². The molecule has 1 aromatic heterocycles. The van der Waals surface area contributed by atoms with Gasteiger partial charge in [-0.15, -0.1) is 0 Å². The molecule has 1 amide bonds. The van der Waals surface area contributed by atoms with Gasteiger partial charge in [0.15, 0.2) is 18.1 Å². The van der Waals surface area contributed by atoms with Crippen LogP contribution in [0.15, 0.2) is 48.7 Å². The molecule has 0 bridgehead atoms. The lowest BCUT2D eigenvalue weighted by Gasteiger charge is -2.12. The number of amides is 1. The fraction of sp³-hybridized carbons (Fsp3) is 0.238. The fourth-order valence-corrected chi connectivity index (χ4v) is 3.05. The Balaban J connectivity index is 1.53. The van der Waals surface area contributed by atoms with Gasteiger partial charge in [0.1, 0.15) is 11.3 Å². The summed E-state index contributed by atoms with van der Waals surface area (Å²) in [6.45, 7) is -2.86. The van der Waals surface area contributed by atoms with Gasteiger partial charge in [-0.05, 0) is 48.4 Å². The minimum absolute atomic E-state index is 0.0539. The number of carbonyl (C=O) groups excluding carboxylic acids is 1. The monoisotopic (exact) mass is 436 g/mol. The van der Waals surface area contributed by atoms with Gasteiger partial charge >= 0.3 is 6.61 Å². The molecule has 2 aromatic carbocycles. The number of carbonyl (C=O) groups is 1. The summed E-state index contributed by atoms with van der Waals surface area (Å²) in [4.78, 5) is 16.3. The lowest BCUT2D eigenvalue weighted by atomic mass is 10.1. The lowest BCUT2D eigenvalue weighted by molar-refractivity contribution is -0.123. The molecule has 1 heterocycles. The van der Waals surface area contributed by atoms with Crippen LogP contribution in [0.2, 0.25) is 5.02 Å². The number of nitrogens with zero attached hydrogens (tertiary/aromatic N) is 1. The Morgan fingerprint density at radius 1 is 1.17 bits per heavy atom. The van der Waals surface area contributed by atoms with Gasteiger partial charge in [-0.1, -0.05) is 17.7 Å². The van der Waals surface area contributed by atoms with Crippen LogP contribution < -0.4 is 19.5 Å². The fourth-order valence-electron chi connectivity index (χ4n) is 2.83. The minimum Gasteiger partial charge on any atom is -0.493 e. The topological polar surface area (TPSA) is 69.7 Å². The average Bonchev–Trinajstić information content (AvgIpc) is 2.73. The molecule has 0 aliphatic rings. The number of aromatic nitrogens is 1. The standard InChI is InChI=1S/C21H19ClF2N2O4/c1-28-16-6-4-13(11-18(16)30-21(23)24)8-10-25-19(27)12-29-17-7-5-15(22)14-3-2-9-26-20(14)17/h2-7,9,11,21H,8,10,12H2,1H3,(H,25,27). The Bertz CT molecular complexity index is 1030. The van der Waals surface area contributed by atoms with Crippen LogP contribution in [0, 0.1) is 0 Å². The summed E-state index contributed by atoms with van der Waals surface area (Å²) in [5.41, 5.74) is 1.28. The first-order valence-corrected chi connectivity index (χ1v) is 9.40. The van der Waals surface area contributed by atoms with Crippen molar-refractivity contribution in [1.29, 1.82) is 0 Å². The molecule has 0 unspecified atom stereocenters. The minimum atomic E-state index is -2.95. The van der Waals surface area contributed by atoms with Crippen LogP contribution in [0.1, 0.15) is 5.56 Å². The van der Waals surface area contributed by atoms with E-state index in [-0.39, 0.29) is 24.0 Å². The Kier molecular flexibility index (Phi) is 7.24. The van der Waals surface area contributed by atoms with Crippen LogP contribution in [0.3, 0.4) is 0 Å². The maximum absolute atomic E-state index is 12.5. The number of fused-ring (bicyclic) bond motifs is 1. The summed E-state index contributed by atoms with van der Waals surface area (Å²) in [5, 5.41) is 4.00. The van der Waals surface area contributed by atoms with Gasteiger partial charge in [0.25, 0.3) is 5.91 Å². The molecule has 0 atom stereocenters. The number of halogens is 3. The van der Waals surface area contributed by atoms with Crippen LogP contribution in [0.25, 0.3) is 10.9 Å². The Morgan fingerprint density at radius 3 is 2.73 bits per heavy atom. The second kappa shape index (κ2) is 10.1. The molecule has 0 aliphatic heterocycles. The van der Waals surface area contributed by atoms with Crippen molar-refractivity contribution in [3.05, 3.63) is 59.2 Å². The van der Waals surface area contributed by atoms with E-state index in [4.69, 9.17) is 21.1 Å². The third kappa shape index (κ3) is 5.48. The van der Waals surface area contributed by atoms with E-state index in [1.807, 2.05) is 6.07 Å². The number of hydrogen-bond donors (Lipinski definition) is 1. The van der Waals surface area contributed by atoms with Crippen molar-refractivity contribution in [3.8, 4) is 17.2 Å². The number of pyridine rings is 1. The molecule has 0 fully saturated rings. The van der Waals surface area contributed by atoms with E-state index < -0.39 is 6.61 Å². The van der Waals surface area contributed by atoms with Gasteiger partial charge in [-0.25, -0.2) is 0 Å². The second-order valence-electron chi connectivity index (χ2n) is 6.20. The Hall–Kier alpha value is -3.13. The quantitative estimate of drug-likeness (QED) is 0.543. The third-order valence-electron chi connectivity index (χ3n) is 4.22. The van der Waals surface area contributed by atoms with Crippen molar-refractivity contribution in [1.82, 2.24) is 10.3 Å². The average molecular weight is 437 g/mol. The second-order valence-corrected chi connectivity index (χ2v) is 6.60. The highest BCUT2D eigenvalue weighted by atomic mass is 35.5. The van der Waals surface area contributed by atoms with E-state index in [0.717, 1.165) is 5.39 Å². The maximum Gasteiger partial charge on any atom is 0.387 e. The number of benzene rings is 2. The molecular formula is C21H19ClF2N2O4. The number of ether oxygens (including phenoxy) is 3. The predicted molar refractivity (Wildman–Crippen MR) is 109 cm³/mol. The van der Waals surface area contributed by atoms with E-state index in [9.17, 15) is 13.6 Å². The molecule has 0 aliphatic carbocycles. The molecule has 0 spiro atoms. The first-order valence-electron chi connectivity index (χ1n) is 9.02. The molecular weight excluding hydrogens is 418 g/mol. The summed E-state index contributed by atoms with van der Waals surface area (Å²) in [5.74, 6) is 0.280. The number of hydrogen-bond acceptors (Lipinski definition) is 5. The zero-order chi connectivity index (χ0) is 21.5. The number of nitrogens with one attached hydrogen (secondary N) is 1. The van der Waals surface area contributed by atoms with Crippen molar-refractivity contribution in [2.24, 2.45) is 0 Å². The van der Waals surface area contributed by atoms with Crippen molar-refractivity contribution in [2.45, 2.75) is 13.0 Å². The SMILES string of the molecule is COc1ccc(CCNC(=O)COc2ccc(Cl)c3cccnc23)cc1OC(F)F. The predicted octanol–water partition coefficient (Wildman–Crippen LogP) is 4.24. The highest BCUT2D eigenvalue weighted by molar-refractivity contribution is 6.35. The number of rotatable bonds is 9. The van der Waals surface area contributed by atoms with Crippen LogP contribution in [-0.2, 0) is 11.2 Å². The van der Waals surface area contributed by atoms with Gasteiger partial charge in [0.2, 0.25) is 0 Å². The van der Waals surface area contributed by atoms with Crippen LogP contribution in [0.4, 0.5) is 8.78 Å². The molecule has 6 nitrogen and oxygen atoms in total. The summed E-state index contributed by atoms with van der Waals surface area (Å²) in [6, 6.07) is 11.6. The zero-order valence-corrected chi connectivity index (χ0v) is 16.8. The molecule has 0 saturated heterocycles. The maximum atomic E-state index is 12.5. The van der Waals surface area contributed by atoms with Gasteiger partial charge < -0.3 is 19.5 Å². The Morgan fingerprint density at radius 2 is 1.97 bits per heavy atom. The Labute approximate surface area is 176 Å². The van der Waals surface area contributed by atoms with Crippen molar-refractivity contribution in [2.75, 3.05) is 20.3 Å². The molecule has 3 rings (SSSR count). The molecule has 0 saturated carbocycles. The van der Waals surface area contributed by atoms with Gasteiger partial charge in [0.05, 0.1) is 12.1 Å². The molecule has 0 radical (unpaired) electrons. The molecule has 158 valence electrons. The largest absolute Gasteiger partial charge is 0.493 e. The summed E-state index contributed by atoms with van der Waals surface area (Å²) in [7, 11) is 1.37. The highest BCUT2D eigenvalue weighted by Gasteiger charge is 2.12. The van der Waals surface area contributed by atoms with Crippen LogP contribution in [0.5, 0.6) is 17.2 Å². The van der Waals surface area contributed by atoms with Crippen LogP contribution >= 0.6 is 11.6 Å². The highest BCUT2D eigenvalue weighted by Crippen LogP contribution is 2.30. The van der Waals surface area contributed by atoms with E-state index in [2.05, 4.69) is 15.0 Å². The molecule has 9 heteroatoms. The molecule has 30 heavy (non-hydrogen) atoms. The van der Waals surface area contributed by atoms with Gasteiger partial charge in [0, 0.05) is 18.1 Å². The van der Waals surface area contributed by atoms with Crippen molar-refractivity contribution < 1.29 is 27.8 Å². The van der Waals surface area contributed by atoms with E-state index in [0.29, 0.717) is 34.8 Å². The summed E-state index contributed by atoms with van der Waals surface area (Å²) < 4.78 is 40.1. The molecule has 3 aromatic rings. The first-order chi connectivity index (χ1) is 14.5. The van der Waals surface area contributed by atoms with Crippen molar-refractivity contribution >= 4 is 28.4 Å². The normalized spacial score (nSPS) is 10.8. The number of methoxy groups -OCH3 is 1. The molecule has 1 N–H and O–H groups in total. The van der Waals surface area contributed by atoms with Gasteiger partial charge in [-0.3, -0.25) is 9.78 Å². The smallest absolute Gasteiger partial charge is 0.387 e.